The van der Waals surface area contributed by atoms with Crippen LogP contribution in [0, 0.1) is 0 Å². The maximum Gasteiger partial charge on any atom is 0.355 e. The lowest BCUT2D eigenvalue weighted by Crippen LogP contribution is -2.80. The summed E-state index contributed by atoms with van der Waals surface area (Å²) in [7, 11) is 2.96. The minimum absolute atomic E-state index is 0.0459. The number of alkyl halides is 1. The third kappa shape index (κ3) is 5.17. The van der Waals surface area contributed by atoms with Crippen molar-refractivity contribution < 1.29 is 28.6 Å². The van der Waals surface area contributed by atoms with E-state index in [1.54, 1.807) is 31.4 Å². The normalized spacial score (nSPS) is 21.3. The summed E-state index contributed by atoms with van der Waals surface area (Å²) in [6, 6.07) is 10.9. The fraction of sp³-hybridized carbons (Fsp3) is 0.348. The lowest BCUT2D eigenvalue weighted by atomic mass is 9.98. The van der Waals surface area contributed by atoms with Crippen molar-refractivity contribution in [3.05, 3.63) is 61.9 Å². The fourth-order valence-corrected chi connectivity index (χ4v) is 7.48. The van der Waals surface area contributed by atoms with Crippen LogP contribution in [0.5, 0.6) is 5.75 Å². The second-order valence-electron chi connectivity index (χ2n) is 7.72. The molecule has 1 aromatic carbocycles. The Hall–Kier alpha value is -1.86. The first-order valence-electron chi connectivity index (χ1n) is 10.5. The van der Waals surface area contributed by atoms with Gasteiger partial charge in [-0.15, -0.1) is 23.1 Å². The van der Waals surface area contributed by atoms with Crippen LogP contribution in [0.2, 0.25) is 0 Å². The van der Waals surface area contributed by atoms with Crippen LogP contribution in [0.4, 0.5) is 0 Å². The van der Waals surface area contributed by atoms with Crippen LogP contribution in [0.3, 0.4) is 0 Å². The van der Waals surface area contributed by atoms with E-state index in [4.69, 9.17) is 14.2 Å². The van der Waals surface area contributed by atoms with Gasteiger partial charge in [0.15, 0.2) is 0 Å². The Morgan fingerprint density at radius 2 is 1.94 bits per heavy atom. The number of nitrogens with one attached hydrogen (secondary N) is 1. The van der Waals surface area contributed by atoms with Crippen molar-refractivity contribution >= 4 is 72.7 Å². The number of carbonyl (C=O) groups is 3. The summed E-state index contributed by atoms with van der Waals surface area (Å²) in [6.45, 7) is 0.0459. The number of hydrogen-bond donors (Lipinski definition) is 1. The molecule has 0 radical (unpaired) electrons. The van der Waals surface area contributed by atoms with Gasteiger partial charge in [0, 0.05) is 23.1 Å². The zero-order valence-corrected chi connectivity index (χ0v) is 23.6. The van der Waals surface area contributed by atoms with E-state index in [0.717, 1.165) is 19.8 Å². The van der Waals surface area contributed by atoms with E-state index in [1.165, 1.54) is 35.1 Å². The molecule has 1 fully saturated rings. The Morgan fingerprint density at radius 1 is 1.20 bits per heavy atom. The molecule has 2 aliphatic rings. The molecule has 0 bridgehead atoms. The fourth-order valence-electron chi connectivity index (χ4n) is 3.83. The van der Waals surface area contributed by atoms with Gasteiger partial charge in [0.2, 0.25) is 5.91 Å². The number of thioether (sulfide) groups is 1. The van der Waals surface area contributed by atoms with E-state index in [9.17, 15) is 14.4 Å². The highest BCUT2D eigenvalue weighted by molar-refractivity contribution is 9.11. The van der Waals surface area contributed by atoms with E-state index in [2.05, 4.69) is 37.2 Å². The van der Waals surface area contributed by atoms with E-state index < -0.39 is 23.0 Å². The number of rotatable bonds is 9. The van der Waals surface area contributed by atoms with Gasteiger partial charge < -0.3 is 19.5 Å². The number of ether oxygens (including phenoxy) is 3. The van der Waals surface area contributed by atoms with Gasteiger partial charge in [-0.3, -0.25) is 14.5 Å². The van der Waals surface area contributed by atoms with Crippen LogP contribution >= 0.6 is 55.0 Å². The number of fused-ring (bicyclic) bond motifs is 1. The van der Waals surface area contributed by atoms with Crippen molar-refractivity contribution in [3.8, 4) is 5.75 Å². The second kappa shape index (κ2) is 11.0. The molecule has 12 heteroatoms. The molecule has 2 aromatic rings. The average Bonchev–Trinajstić information content (AvgIpc) is 3.28. The monoisotopic (exact) mass is 644 g/mol. The van der Waals surface area contributed by atoms with Crippen molar-refractivity contribution in [1.29, 1.82) is 0 Å². The molecule has 1 N–H and O–H groups in total. The number of carbonyl (C=O) groups excluding carboxylic acids is 3. The third-order valence-corrected chi connectivity index (χ3v) is 9.28. The van der Waals surface area contributed by atoms with Gasteiger partial charge in [0.1, 0.15) is 23.4 Å². The van der Waals surface area contributed by atoms with E-state index in [0.29, 0.717) is 16.8 Å². The quantitative estimate of drug-likeness (QED) is 0.192. The molecule has 0 aliphatic carbocycles. The van der Waals surface area contributed by atoms with Crippen molar-refractivity contribution in [2.24, 2.45) is 0 Å². The van der Waals surface area contributed by atoms with Gasteiger partial charge in [0.25, 0.3) is 11.6 Å². The maximum atomic E-state index is 13.4. The van der Waals surface area contributed by atoms with Crippen LogP contribution in [0.15, 0.2) is 51.5 Å². The molecule has 0 saturated carbocycles. The van der Waals surface area contributed by atoms with Crippen LogP contribution in [0.25, 0.3) is 0 Å². The lowest BCUT2D eigenvalue weighted by Gasteiger charge is -2.56. The Labute approximate surface area is 227 Å². The second-order valence-corrected chi connectivity index (χ2v) is 11.9. The van der Waals surface area contributed by atoms with Crippen molar-refractivity contribution in [2.45, 2.75) is 24.1 Å². The number of methoxy groups -OCH3 is 2. The topological polar surface area (TPSA) is 94.2 Å². The van der Waals surface area contributed by atoms with Crippen LogP contribution in [-0.4, -0.2) is 59.1 Å². The minimum Gasteiger partial charge on any atom is -0.497 e. The van der Waals surface area contributed by atoms with Gasteiger partial charge in [-0.2, -0.15) is 0 Å². The minimum atomic E-state index is -1.55. The first-order chi connectivity index (χ1) is 16.8. The highest BCUT2D eigenvalue weighted by Crippen LogP contribution is 2.47. The molecule has 186 valence electrons. The summed E-state index contributed by atoms with van der Waals surface area (Å²) in [6.07, 6.45) is 0.116. The predicted molar refractivity (Wildman–Crippen MR) is 140 cm³/mol. The predicted octanol–water partition coefficient (Wildman–Crippen LogP) is 3.83. The maximum absolute atomic E-state index is 13.4. The first-order valence-corrected chi connectivity index (χ1v) is 14.2. The molecule has 1 saturated heterocycles. The zero-order valence-electron chi connectivity index (χ0n) is 18.8. The van der Waals surface area contributed by atoms with Crippen LogP contribution in [-0.2, 0) is 36.9 Å². The SMILES string of the molecule is COc1ccc(COC(=O)C2=C(CBr)CS[C@@H]3N2C(=O)C3(NC(=O)Cc2ccc(Br)s2)OC)cc1. The summed E-state index contributed by atoms with van der Waals surface area (Å²) in [4.78, 5) is 41.4. The molecular formula is C23H22Br2N2O6S2. The first kappa shape index (κ1) is 26.2. The summed E-state index contributed by atoms with van der Waals surface area (Å²) < 4.78 is 17.2. The smallest absolute Gasteiger partial charge is 0.355 e. The van der Waals surface area contributed by atoms with E-state index in [1.807, 2.05) is 12.1 Å². The number of β-lactam (4-membered cyclic amide) rings is 1. The van der Waals surface area contributed by atoms with Gasteiger partial charge in [-0.05, 0) is 51.3 Å². The molecule has 2 amide bonds. The van der Waals surface area contributed by atoms with E-state index >= 15 is 0 Å². The number of thiophene rings is 1. The van der Waals surface area contributed by atoms with Gasteiger partial charge >= 0.3 is 5.97 Å². The standard InChI is InChI=1S/C23H22Br2N2O6S2/c1-31-15-5-3-13(4-6-15)11-33-20(29)19-14(10-24)12-34-22-23(32-2,21(30)27(19)22)26-18(28)9-16-7-8-17(25)35-16/h3-8,22H,9-12H2,1-2H3,(H,26,28)/t22-,23?/m0/s1. The molecule has 1 aromatic heterocycles. The molecule has 1 unspecified atom stereocenters. The highest BCUT2D eigenvalue weighted by atomic mass is 79.9. The molecule has 0 spiro atoms. The van der Waals surface area contributed by atoms with Gasteiger partial charge in [0.05, 0.1) is 17.3 Å². The Bertz CT molecular complexity index is 1170. The average molecular weight is 646 g/mol. The lowest BCUT2D eigenvalue weighted by molar-refractivity contribution is -0.193. The molecule has 4 rings (SSSR count). The number of esters is 1. The Balaban J connectivity index is 1.48. The zero-order chi connectivity index (χ0) is 25.2. The highest BCUT2D eigenvalue weighted by Gasteiger charge is 2.66. The number of amides is 2. The summed E-state index contributed by atoms with van der Waals surface area (Å²) in [5.41, 5.74) is 0.165. The summed E-state index contributed by atoms with van der Waals surface area (Å²) >= 11 is 9.67. The number of benzene rings is 1. The molecule has 2 aliphatic heterocycles. The van der Waals surface area contributed by atoms with Crippen molar-refractivity contribution in [1.82, 2.24) is 10.2 Å². The van der Waals surface area contributed by atoms with Crippen LogP contribution in [0.1, 0.15) is 10.4 Å². The number of halogens is 2. The van der Waals surface area contributed by atoms with E-state index in [-0.39, 0.29) is 24.6 Å². The van der Waals surface area contributed by atoms with Gasteiger partial charge in [-0.1, -0.05) is 28.1 Å². The molecule has 35 heavy (non-hydrogen) atoms. The summed E-state index contributed by atoms with van der Waals surface area (Å²) in [5, 5.41) is 2.58. The molecular weight excluding hydrogens is 624 g/mol. The number of nitrogens with zero attached hydrogens (tertiary/aromatic N) is 1. The van der Waals surface area contributed by atoms with Crippen molar-refractivity contribution in [3.63, 3.8) is 0 Å². The largest absolute Gasteiger partial charge is 0.497 e. The molecule has 8 nitrogen and oxygen atoms in total. The Morgan fingerprint density at radius 3 is 2.54 bits per heavy atom. The number of hydrogen-bond acceptors (Lipinski definition) is 8. The summed E-state index contributed by atoms with van der Waals surface area (Å²) in [5.74, 6) is -0.270. The Kier molecular flexibility index (Phi) is 8.26. The molecule has 3 heterocycles. The third-order valence-electron chi connectivity index (χ3n) is 5.60. The van der Waals surface area contributed by atoms with Gasteiger partial charge in [-0.25, -0.2) is 4.79 Å². The van der Waals surface area contributed by atoms with Crippen LogP contribution < -0.4 is 10.1 Å². The van der Waals surface area contributed by atoms with Crippen molar-refractivity contribution in [2.75, 3.05) is 25.3 Å². The molecule has 2 atom stereocenters.